The number of hydrogen-bond donors (Lipinski definition) is 10. The Balaban J connectivity index is 1.71. The Morgan fingerprint density at radius 1 is 0.574 bits per heavy atom. The van der Waals surface area contributed by atoms with Crippen LogP contribution in [0.1, 0.15) is 13.8 Å². The molecule has 0 aromatic rings. The minimum atomic E-state index is -1.89. The Hall–Kier alpha value is -1.25. The van der Waals surface area contributed by atoms with Crippen LogP contribution in [-0.2, 0) is 42.7 Å². The van der Waals surface area contributed by atoms with E-state index in [0.717, 1.165) is 4.90 Å². The summed E-state index contributed by atoms with van der Waals surface area (Å²) < 4.78 is 46.2. The van der Waals surface area contributed by atoms with Crippen molar-refractivity contribution in [2.45, 2.75) is 137 Å². The predicted octanol–water partition coefficient (Wildman–Crippen LogP) is -6.94. The molecule has 4 heterocycles. The molecule has 47 heavy (non-hydrogen) atoms. The number of rotatable bonds is 11. The highest BCUT2D eigenvalue weighted by Gasteiger charge is 2.56. The Labute approximate surface area is 269 Å². The maximum absolute atomic E-state index is 12.0. The van der Waals surface area contributed by atoms with Crippen molar-refractivity contribution in [2.75, 3.05) is 27.4 Å². The fourth-order valence-corrected chi connectivity index (χ4v) is 6.08. The zero-order valence-corrected chi connectivity index (χ0v) is 26.1. The van der Waals surface area contributed by atoms with Gasteiger partial charge in [-0.05, 0) is 13.8 Å². The number of methoxy groups -OCH3 is 1. The summed E-state index contributed by atoms with van der Waals surface area (Å²) in [6.45, 7) is 1.21. The van der Waals surface area contributed by atoms with Crippen molar-refractivity contribution < 1.29 is 93.8 Å². The van der Waals surface area contributed by atoms with Gasteiger partial charge in [-0.25, -0.2) is 0 Å². The maximum Gasteiger partial charge on any atom is 0.209 e. The van der Waals surface area contributed by atoms with Gasteiger partial charge in [-0.1, -0.05) is 0 Å². The molecule has 20 heteroatoms. The minimum Gasteiger partial charge on any atom is -0.394 e. The number of hydrogen-bond acceptors (Lipinski definition) is 19. The molecule has 4 fully saturated rings. The van der Waals surface area contributed by atoms with Crippen LogP contribution in [0, 0.1) is 0 Å². The van der Waals surface area contributed by atoms with E-state index in [1.54, 1.807) is 0 Å². The molecule has 0 aromatic heterocycles. The summed E-state index contributed by atoms with van der Waals surface area (Å²) in [6, 6.07) is -1.21. The normalized spacial score (nSPS) is 51.0. The molecule has 4 rings (SSSR count). The third-order valence-corrected chi connectivity index (χ3v) is 8.98. The number of amides is 1. The number of likely N-dealkylation sites (N-methyl/N-ethyl adjacent to an activating group) is 1. The molecule has 0 saturated carbocycles. The average Bonchev–Trinajstić information content (AvgIpc) is 3.06. The number of carbonyl (C=O) groups excluding carboxylic acids is 1. The summed E-state index contributed by atoms with van der Waals surface area (Å²) in [6.07, 6.45) is -29.4. The predicted molar refractivity (Wildman–Crippen MR) is 147 cm³/mol. The molecule has 4 saturated heterocycles. The number of nitrogens with zero attached hydrogens (tertiary/aromatic N) is 1. The Morgan fingerprint density at radius 3 is 1.51 bits per heavy atom. The van der Waals surface area contributed by atoms with Gasteiger partial charge in [-0.3, -0.25) is 4.79 Å². The first-order valence-electron chi connectivity index (χ1n) is 15.1. The van der Waals surface area contributed by atoms with Gasteiger partial charge in [0.05, 0.1) is 25.4 Å². The SMILES string of the molecule is CO[C@@H]1OC(CO)[C@@H](O[C@@H]2OC(CO)[C@H](O)[C@H](O)C2O[C@@H]2OC(C)[C@@H](O)C(O)[C@@H]2O)[C@H](O[C@@H]2OC(C)[C@@H](O)C(O)[C@@H]2O)C1N(C)C=O. The second-order valence-electron chi connectivity index (χ2n) is 12.1. The lowest BCUT2D eigenvalue weighted by Crippen LogP contribution is -2.69. The van der Waals surface area contributed by atoms with Gasteiger partial charge in [-0.2, -0.15) is 0 Å². The van der Waals surface area contributed by atoms with Gasteiger partial charge >= 0.3 is 0 Å². The summed E-state index contributed by atoms with van der Waals surface area (Å²) in [5.74, 6) is 0. The molecular formula is C27H47NO19. The van der Waals surface area contributed by atoms with Gasteiger partial charge in [0.25, 0.3) is 0 Å². The van der Waals surface area contributed by atoms with Crippen molar-refractivity contribution in [3.05, 3.63) is 0 Å². The number of aliphatic hydroxyl groups excluding tert-OH is 10. The van der Waals surface area contributed by atoms with Crippen LogP contribution in [0.4, 0.5) is 0 Å². The fourth-order valence-electron chi connectivity index (χ4n) is 6.08. The third kappa shape index (κ3) is 7.75. The van der Waals surface area contributed by atoms with Crippen molar-refractivity contribution in [3.8, 4) is 0 Å². The highest BCUT2D eigenvalue weighted by molar-refractivity contribution is 5.47. The number of carbonyl (C=O) groups is 1. The second-order valence-corrected chi connectivity index (χ2v) is 12.1. The van der Waals surface area contributed by atoms with Gasteiger partial charge < -0.3 is 93.9 Å². The first-order valence-corrected chi connectivity index (χ1v) is 15.1. The van der Waals surface area contributed by atoms with Gasteiger partial charge in [0, 0.05) is 14.2 Å². The summed E-state index contributed by atoms with van der Waals surface area (Å²) in [7, 11) is 2.59. The van der Waals surface area contributed by atoms with Gasteiger partial charge in [0.2, 0.25) is 6.41 Å². The van der Waals surface area contributed by atoms with E-state index in [2.05, 4.69) is 0 Å². The fraction of sp³-hybridized carbons (Fsp3) is 0.963. The quantitative estimate of drug-likeness (QED) is 0.0902. The van der Waals surface area contributed by atoms with E-state index >= 15 is 0 Å². The molecule has 4 aliphatic heterocycles. The van der Waals surface area contributed by atoms with Crippen LogP contribution in [0.25, 0.3) is 0 Å². The van der Waals surface area contributed by atoms with Gasteiger partial charge in [-0.15, -0.1) is 0 Å². The van der Waals surface area contributed by atoms with Crippen LogP contribution in [0.15, 0.2) is 0 Å². The zero-order chi connectivity index (χ0) is 34.9. The molecule has 10 N–H and O–H groups in total. The monoisotopic (exact) mass is 689 g/mol. The highest BCUT2D eigenvalue weighted by atomic mass is 16.8. The Bertz CT molecular complexity index is 1000. The van der Waals surface area contributed by atoms with Crippen molar-refractivity contribution in [3.63, 3.8) is 0 Å². The molecule has 274 valence electrons. The molecule has 0 spiro atoms. The van der Waals surface area contributed by atoms with Crippen molar-refractivity contribution in [1.82, 2.24) is 4.90 Å². The zero-order valence-electron chi connectivity index (χ0n) is 26.1. The highest BCUT2D eigenvalue weighted by Crippen LogP contribution is 2.36. The lowest BCUT2D eigenvalue weighted by molar-refractivity contribution is -0.394. The standard InChI is InChI=1S/C27H47NO19/c1-8-13(32)16(35)19(38)25(41-8)46-22-12(28(3)7-31)24(40-4)44-11(6-30)21(22)45-27-23(18(37)15(34)10(5-29)43-27)47-26-20(39)17(36)14(33)9(2)42-26/h7-27,29-30,32-39H,5-6H2,1-4H3/t8?,9?,10?,11?,12?,13-,14-,15+,16?,17?,18+,19+,20+,21-,22-,23?,24-,25+,26+,27+/m1/s1. The lowest BCUT2D eigenvalue weighted by Gasteiger charge is -2.51. The van der Waals surface area contributed by atoms with Crippen LogP contribution in [-0.4, -0.2) is 213 Å². The smallest absolute Gasteiger partial charge is 0.209 e. The summed E-state index contributed by atoms with van der Waals surface area (Å²) in [5.41, 5.74) is 0. The van der Waals surface area contributed by atoms with Crippen molar-refractivity contribution in [2.24, 2.45) is 0 Å². The van der Waals surface area contributed by atoms with Crippen LogP contribution in [0.2, 0.25) is 0 Å². The molecule has 20 atom stereocenters. The molecule has 4 aliphatic rings. The number of ether oxygens (including phenoxy) is 8. The molecular weight excluding hydrogens is 642 g/mol. The van der Waals surface area contributed by atoms with Crippen LogP contribution in [0.3, 0.4) is 0 Å². The third-order valence-electron chi connectivity index (χ3n) is 8.98. The van der Waals surface area contributed by atoms with E-state index < -0.39 is 136 Å². The average molecular weight is 690 g/mol. The van der Waals surface area contributed by atoms with Gasteiger partial charge in [0.15, 0.2) is 25.2 Å². The maximum atomic E-state index is 12.0. The van der Waals surface area contributed by atoms with Gasteiger partial charge in [0.1, 0.15) is 85.4 Å². The lowest BCUT2D eigenvalue weighted by atomic mass is 9.94. The molecule has 20 nitrogen and oxygen atoms in total. The molecule has 0 radical (unpaired) electrons. The largest absolute Gasteiger partial charge is 0.394 e. The molecule has 1 amide bonds. The summed E-state index contributed by atoms with van der Waals surface area (Å²) in [4.78, 5) is 13.1. The molecule has 8 unspecified atom stereocenters. The summed E-state index contributed by atoms with van der Waals surface area (Å²) in [5, 5.41) is 104. The minimum absolute atomic E-state index is 0.403. The van der Waals surface area contributed by atoms with Crippen LogP contribution < -0.4 is 0 Å². The number of aliphatic hydroxyl groups is 10. The molecule has 0 bridgehead atoms. The topological polar surface area (TPSA) is 296 Å². The van der Waals surface area contributed by atoms with Crippen LogP contribution in [0.5, 0.6) is 0 Å². The Morgan fingerprint density at radius 2 is 1.04 bits per heavy atom. The summed E-state index contributed by atoms with van der Waals surface area (Å²) >= 11 is 0. The van der Waals surface area contributed by atoms with E-state index in [9.17, 15) is 55.9 Å². The Kier molecular flexibility index (Phi) is 13.3. The van der Waals surface area contributed by atoms with E-state index in [1.807, 2.05) is 0 Å². The molecule has 0 aromatic carbocycles. The van der Waals surface area contributed by atoms with E-state index in [1.165, 1.54) is 28.0 Å². The second kappa shape index (κ2) is 16.2. The first kappa shape index (κ1) is 38.6. The van der Waals surface area contributed by atoms with E-state index in [-0.39, 0.29) is 0 Å². The van der Waals surface area contributed by atoms with E-state index in [4.69, 9.17) is 37.9 Å². The molecule has 0 aliphatic carbocycles. The van der Waals surface area contributed by atoms with Crippen LogP contribution >= 0.6 is 0 Å². The first-order chi connectivity index (χ1) is 22.2. The van der Waals surface area contributed by atoms with E-state index in [0.29, 0.717) is 6.41 Å². The van der Waals surface area contributed by atoms with Crippen molar-refractivity contribution in [1.29, 1.82) is 0 Å². The van der Waals surface area contributed by atoms with Crippen molar-refractivity contribution >= 4 is 6.41 Å².